The quantitative estimate of drug-likeness (QED) is 0.611. The average Bonchev–Trinajstić information content (AvgIpc) is 3.10. The number of rotatable bonds is 2. The van der Waals surface area contributed by atoms with E-state index in [4.69, 9.17) is 4.74 Å². The summed E-state index contributed by atoms with van der Waals surface area (Å²) in [5, 5.41) is 13.2. The van der Waals surface area contributed by atoms with Gasteiger partial charge in [0.05, 0.1) is 18.9 Å². The lowest BCUT2D eigenvalue weighted by Crippen LogP contribution is -2.44. The Balaban J connectivity index is 1.51. The second-order valence-electron chi connectivity index (χ2n) is 6.81. The van der Waals surface area contributed by atoms with Gasteiger partial charge in [-0.05, 0) is 37.0 Å². The van der Waals surface area contributed by atoms with Gasteiger partial charge in [-0.25, -0.2) is 0 Å². The van der Waals surface area contributed by atoms with Gasteiger partial charge in [-0.3, -0.25) is 4.90 Å². The lowest BCUT2D eigenvalue weighted by molar-refractivity contribution is 0.0294. The molecule has 106 valence electrons. The third-order valence-corrected chi connectivity index (χ3v) is 6.17. The van der Waals surface area contributed by atoms with E-state index in [1.165, 1.54) is 25.7 Å². The van der Waals surface area contributed by atoms with E-state index in [0.717, 1.165) is 56.3 Å². The Kier molecular flexibility index (Phi) is 3.03. The van der Waals surface area contributed by atoms with Gasteiger partial charge >= 0.3 is 0 Å². The second-order valence-corrected chi connectivity index (χ2v) is 6.81. The Morgan fingerprint density at radius 1 is 1.16 bits per heavy atom. The molecule has 1 saturated heterocycles. The summed E-state index contributed by atoms with van der Waals surface area (Å²) >= 11 is 0. The molecule has 0 amide bonds. The van der Waals surface area contributed by atoms with E-state index in [1.807, 2.05) is 0 Å². The van der Waals surface area contributed by atoms with E-state index in [0.29, 0.717) is 11.8 Å². The van der Waals surface area contributed by atoms with Crippen LogP contribution in [0.15, 0.2) is 5.16 Å². The molecule has 0 aromatic heterocycles. The molecule has 4 rings (SSSR count). The Labute approximate surface area is 114 Å². The molecular weight excluding hydrogens is 240 g/mol. The molecule has 4 aliphatic rings. The SMILES string of the molecule is O/N=C1\[C@H]2C[C@H]([C@@H]3CCC[C@@H]32)[C@H]1CN1CCOCC1. The molecular formula is C15H24N2O2. The monoisotopic (exact) mass is 264 g/mol. The number of ether oxygens (including phenoxy) is 1. The third kappa shape index (κ3) is 1.83. The second kappa shape index (κ2) is 4.74. The lowest BCUT2D eigenvalue weighted by Gasteiger charge is -2.36. The number of hydrogen-bond acceptors (Lipinski definition) is 4. The lowest BCUT2D eigenvalue weighted by atomic mass is 9.74. The van der Waals surface area contributed by atoms with Gasteiger partial charge in [0.25, 0.3) is 0 Å². The van der Waals surface area contributed by atoms with Crippen LogP contribution in [0.4, 0.5) is 0 Å². The van der Waals surface area contributed by atoms with Crippen molar-refractivity contribution < 1.29 is 9.94 Å². The van der Waals surface area contributed by atoms with E-state index in [2.05, 4.69) is 10.1 Å². The molecule has 3 saturated carbocycles. The van der Waals surface area contributed by atoms with Crippen molar-refractivity contribution in [2.24, 2.45) is 34.7 Å². The summed E-state index contributed by atoms with van der Waals surface area (Å²) in [5.41, 5.74) is 1.14. The maximum atomic E-state index is 9.45. The van der Waals surface area contributed by atoms with Gasteiger partial charge in [0.1, 0.15) is 0 Å². The largest absolute Gasteiger partial charge is 0.411 e. The van der Waals surface area contributed by atoms with Crippen LogP contribution in [0.3, 0.4) is 0 Å². The standard InChI is InChI=1S/C15H24N2O2/c18-16-15-13-8-12(10-2-1-3-11(10)13)14(15)9-17-4-6-19-7-5-17/h10-14,18H,1-9H2/b16-15+/t10-,11+,12-,13+,14-/m1/s1. The van der Waals surface area contributed by atoms with Crippen LogP contribution >= 0.6 is 0 Å². The van der Waals surface area contributed by atoms with E-state index in [-0.39, 0.29) is 0 Å². The molecule has 1 N–H and O–H groups in total. The minimum Gasteiger partial charge on any atom is -0.411 e. The number of nitrogens with zero attached hydrogens (tertiary/aromatic N) is 2. The minimum absolute atomic E-state index is 0.521. The molecule has 0 radical (unpaired) electrons. The molecule has 4 nitrogen and oxygen atoms in total. The Bertz CT molecular complexity index is 378. The number of oxime groups is 1. The van der Waals surface area contributed by atoms with Gasteiger partial charge in [0.2, 0.25) is 0 Å². The summed E-state index contributed by atoms with van der Waals surface area (Å²) in [5.74, 6) is 3.70. The molecule has 0 unspecified atom stereocenters. The molecule has 0 spiro atoms. The molecule has 2 bridgehead atoms. The van der Waals surface area contributed by atoms with Crippen molar-refractivity contribution in [3.05, 3.63) is 0 Å². The zero-order valence-corrected chi connectivity index (χ0v) is 11.5. The molecule has 5 atom stereocenters. The zero-order valence-electron chi connectivity index (χ0n) is 11.5. The summed E-state index contributed by atoms with van der Waals surface area (Å²) in [4.78, 5) is 2.50. The number of hydrogen-bond donors (Lipinski definition) is 1. The Morgan fingerprint density at radius 2 is 1.95 bits per heavy atom. The normalized spacial score (nSPS) is 48.0. The van der Waals surface area contributed by atoms with E-state index in [1.54, 1.807) is 0 Å². The van der Waals surface area contributed by atoms with Crippen LogP contribution in [0.2, 0.25) is 0 Å². The summed E-state index contributed by atoms with van der Waals surface area (Å²) in [6.07, 6.45) is 5.48. The topological polar surface area (TPSA) is 45.1 Å². The van der Waals surface area contributed by atoms with E-state index >= 15 is 0 Å². The number of morpholine rings is 1. The van der Waals surface area contributed by atoms with Crippen LogP contribution in [0.5, 0.6) is 0 Å². The van der Waals surface area contributed by atoms with Crippen LogP contribution in [-0.4, -0.2) is 48.7 Å². The first-order chi connectivity index (χ1) is 9.38. The molecule has 0 aromatic carbocycles. The first-order valence-electron chi connectivity index (χ1n) is 7.90. The van der Waals surface area contributed by atoms with Crippen LogP contribution in [-0.2, 0) is 4.74 Å². The van der Waals surface area contributed by atoms with Crippen LogP contribution < -0.4 is 0 Å². The Morgan fingerprint density at radius 3 is 2.74 bits per heavy atom. The fourth-order valence-electron chi connectivity index (χ4n) is 5.43. The van der Waals surface area contributed by atoms with Gasteiger partial charge in [0, 0.05) is 31.5 Å². The van der Waals surface area contributed by atoms with Crippen molar-refractivity contribution in [3.63, 3.8) is 0 Å². The van der Waals surface area contributed by atoms with Crippen LogP contribution in [0, 0.1) is 29.6 Å². The van der Waals surface area contributed by atoms with Gasteiger partial charge in [-0.1, -0.05) is 11.6 Å². The highest BCUT2D eigenvalue weighted by atomic mass is 16.5. The Hall–Kier alpha value is -0.610. The van der Waals surface area contributed by atoms with Crippen LogP contribution in [0.1, 0.15) is 25.7 Å². The summed E-state index contributed by atoms with van der Waals surface area (Å²) < 4.78 is 5.43. The van der Waals surface area contributed by atoms with E-state index < -0.39 is 0 Å². The molecule has 4 heteroatoms. The maximum absolute atomic E-state index is 9.45. The first kappa shape index (κ1) is 12.2. The molecule has 1 heterocycles. The summed E-state index contributed by atoms with van der Waals surface area (Å²) in [7, 11) is 0. The molecule has 1 aliphatic heterocycles. The minimum atomic E-state index is 0.521. The third-order valence-electron chi connectivity index (χ3n) is 6.17. The van der Waals surface area contributed by atoms with Gasteiger partial charge < -0.3 is 9.94 Å². The highest BCUT2D eigenvalue weighted by Gasteiger charge is 2.57. The fourth-order valence-corrected chi connectivity index (χ4v) is 5.43. The van der Waals surface area contributed by atoms with Crippen molar-refractivity contribution in [2.45, 2.75) is 25.7 Å². The smallest absolute Gasteiger partial charge is 0.0651 e. The first-order valence-corrected chi connectivity index (χ1v) is 7.90. The van der Waals surface area contributed by atoms with Crippen LogP contribution in [0.25, 0.3) is 0 Å². The van der Waals surface area contributed by atoms with Crippen molar-refractivity contribution >= 4 is 5.71 Å². The molecule has 0 aromatic rings. The summed E-state index contributed by atoms with van der Waals surface area (Å²) in [6, 6.07) is 0. The zero-order chi connectivity index (χ0) is 12.8. The van der Waals surface area contributed by atoms with Crippen molar-refractivity contribution in [1.29, 1.82) is 0 Å². The fraction of sp³-hybridized carbons (Fsp3) is 0.933. The van der Waals surface area contributed by atoms with E-state index in [9.17, 15) is 5.21 Å². The molecule has 19 heavy (non-hydrogen) atoms. The van der Waals surface area contributed by atoms with Gasteiger partial charge in [0.15, 0.2) is 0 Å². The van der Waals surface area contributed by atoms with Crippen molar-refractivity contribution in [2.75, 3.05) is 32.8 Å². The maximum Gasteiger partial charge on any atom is 0.0651 e. The predicted octanol–water partition coefficient (Wildman–Crippen LogP) is 1.83. The van der Waals surface area contributed by atoms with Gasteiger partial charge in [-0.15, -0.1) is 0 Å². The summed E-state index contributed by atoms with van der Waals surface area (Å²) in [6.45, 7) is 4.89. The van der Waals surface area contributed by atoms with Gasteiger partial charge in [-0.2, -0.15) is 0 Å². The predicted molar refractivity (Wildman–Crippen MR) is 72.4 cm³/mol. The highest BCUT2D eigenvalue weighted by Crippen LogP contribution is 2.59. The number of fused-ring (bicyclic) bond motifs is 5. The van der Waals surface area contributed by atoms with Crippen molar-refractivity contribution in [1.82, 2.24) is 4.90 Å². The molecule has 3 aliphatic carbocycles. The highest BCUT2D eigenvalue weighted by molar-refractivity contribution is 5.92. The van der Waals surface area contributed by atoms with Crippen molar-refractivity contribution in [3.8, 4) is 0 Å². The average molecular weight is 264 g/mol. The molecule has 4 fully saturated rings.